The molecule has 0 saturated heterocycles. The molecule has 2 aromatic carbocycles. The minimum absolute atomic E-state index is 0.00360. The molecular weight excluding hydrogens is 285 g/mol. The van der Waals surface area contributed by atoms with Crippen LogP contribution in [-0.2, 0) is 4.79 Å². The quantitative estimate of drug-likeness (QED) is 0.880. The lowest BCUT2D eigenvalue weighted by Crippen LogP contribution is -2.38. The summed E-state index contributed by atoms with van der Waals surface area (Å²) in [5, 5.41) is 2.97. The number of fused-ring (bicyclic) bond motifs is 1. The van der Waals surface area contributed by atoms with Crippen LogP contribution in [0, 0.1) is 5.82 Å². The molecule has 0 fully saturated rings. The van der Waals surface area contributed by atoms with Crippen LogP contribution in [0.5, 0.6) is 5.75 Å². The maximum atomic E-state index is 12.9. The average molecular weight is 299 g/mol. The van der Waals surface area contributed by atoms with Crippen LogP contribution in [0.25, 0.3) is 0 Å². The van der Waals surface area contributed by atoms with E-state index < -0.39 is 11.9 Å². The van der Waals surface area contributed by atoms with Gasteiger partial charge in [0.05, 0.1) is 12.6 Å². The van der Waals surface area contributed by atoms with Gasteiger partial charge in [0.2, 0.25) is 0 Å². The lowest BCUT2D eigenvalue weighted by molar-refractivity contribution is -0.124. The van der Waals surface area contributed by atoms with Crippen molar-refractivity contribution in [2.75, 3.05) is 13.2 Å². The van der Waals surface area contributed by atoms with Crippen molar-refractivity contribution in [1.82, 2.24) is 5.32 Å². The molecule has 2 aromatic rings. The molecule has 5 heteroatoms. The number of ketones is 2. The van der Waals surface area contributed by atoms with E-state index in [4.69, 9.17) is 4.74 Å². The first-order valence-electron chi connectivity index (χ1n) is 6.92. The van der Waals surface area contributed by atoms with E-state index in [1.54, 1.807) is 12.1 Å². The van der Waals surface area contributed by atoms with E-state index in [9.17, 15) is 14.0 Å². The third kappa shape index (κ3) is 2.89. The predicted octanol–water partition coefficient (Wildman–Crippen LogP) is 2.30. The van der Waals surface area contributed by atoms with Gasteiger partial charge in [-0.1, -0.05) is 18.2 Å². The zero-order valence-corrected chi connectivity index (χ0v) is 11.7. The fourth-order valence-corrected chi connectivity index (χ4v) is 2.41. The van der Waals surface area contributed by atoms with E-state index in [-0.39, 0.29) is 24.7 Å². The minimum Gasteiger partial charge on any atom is -0.485 e. The fourth-order valence-electron chi connectivity index (χ4n) is 2.41. The SMILES string of the molecule is O=C(CNC1C(=O)COc2ccccc21)c1ccc(F)cc1. The van der Waals surface area contributed by atoms with E-state index in [0.29, 0.717) is 11.3 Å². The molecule has 0 aromatic heterocycles. The highest BCUT2D eigenvalue weighted by molar-refractivity contribution is 5.98. The number of nitrogens with one attached hydrogen (secondary N) is 1. The number of ether oxygens (including phenoxy) is 1. The van der Waals surface area contributed by atoms with Crippen LogP contribution in [0.4, 0.5) is 4.39 Å². The zero-order valence-electron chi connectivity index (χ0n) is 11.7. The first kappa shape index (κ1) is 14.4. The summed E-state index contributed by atoms with van der Waals surface area (Å²) in [5.74, 6) is -0.0609. The molecule has 0 bridgehead atoms. The summed E-state index contributed by atoms with van der Waals surface area (Å²) in [6, 6.07) is 12.0. The van der Waals surface area contributed by atoms with Gasteiger partial charge in [-0.2, -0.15) is 0 Å². The lowest BCUT2D eigenvalue weighted by Gasteiger charge is -2.25. The first-order chi connectivity index (χ1) is 10.6. The Balaban J connectivity index is 1.72. The average Bonchev–Trinajstić information content (AvgIpc) is 2.54. The van der Waals surface area contributed by atoms with Crippen LogP contribution in [0.15, 0.2) is 48.5 Å². The molecule has 22 heavy (non-hydrogen) atoms. The van der Waals surface area contributed by atoms with Gasteiger partial charge in [0.1, 0.15) is 18.2 Å². The Hall–Kier alpha value is -2.53. The molecule has 3 rings (SSSR count). The highest BCUT2D eigenvalue weighted by atomic mass is 19.1. The highest BCUT2D eigenvalue weighted by Gasteiger charge is 2.28. The Labute approximate surface area is 126 Å². The summed E-state index contributed by atoms with van der Waals surface area (Å²) in [6.07, 6.45) is 0. The van der Waals surface area contributed by atoms with E-state index in [1.807, 2.05) is 12.1 Å². The van der Waals surface area contributed by atoms with Crippen LogP contribution in [-0.4, -0.2) is 24.7 Å². The molecule has 0 aliphatic carbocycles. The minimum atomic E-state index is -0.561. The molecule has 1 aliphatic rings. The molecule has 0 saturated carbocycles. The second kappa shape index (κ2) is 6.07. The van der Waals surface area contributed by atoms with Crippen molar-refractivity contribution in [3.8, 4) is 5.75 Å². The summed E-state index contributed by atoms with van der Waals surface area (Å²) >= 11 is 0. The Bertz CT molecular complexity index is 712. The Morgan fingerprint density at radius 2 is 1.91 bits per heavy atom. The predicted molar refractivity (Wildman–Crippen MR) is 78.4 cm³/mol. The Morgan fingerprint density at radius 3 is 2.68 bits per heavy atom. The van der Waals surface area contributed by atoms with Crippen LogP contribution in [0.2, 0.25) is 0 Å². The second-order valence-electron chi connectivity index (χ2n) is 5.04. The summed E-state index contributed by atoms with van der Waals surface area (Å²) in [4.78, 5) is 24.1. The van der Waals surface area contributed by atoms with Crippen molar-refractivity contribution in [3.63, 3.8) is 0 Å². The van der Waals surface area contributed by atoms with Crippen LogP contribution in [0.3, 0.4) is 0 Å². The maximum Gasteiger partial charge on any atom is 0.191 e. The van der Waals surface area contributed by atoms with Gasteiger partial charge in [0.25, 0.3) is 0 Å². The van der Waals surface area contributed by atoms with Gasteiger partial charge in [-0.3, -0.25) is 14.9 Å². The second-order valence-corrected chi connectivity index (χ2v) is 5.04. The van der Waals surface area contributed by atoms with Gasteiger partial charge in [-0.15, -0.1) is 0 Å². The van der Waals surface area contributed by atoms with Crippen molar-refractivity contribution < 1.29 is 18.7 Å². The molecular formula is C17H14FNO3. The first-order valence-corrected chi connectivity index (χ1v) is 6.92. The molecule has 1 atom stereocenters. The smallest absolute Gasteiger partial charge is 0.191 e. The van der Waals surface area contributed by atoms with Gasteiger partial charge in [-0.25, -0.2) is 4.39 Å². The molecule has 1 heterocycles. The topological polar surface area (TPSA) is 55.4 Å². The molecule has 0 amide bonds. The monoisotopic (exact) mass is 299 g/mol. The van der Waals surface area contributed by atoms with E-state index in [2.05, 4.69) is 5.32 Å². The number of carbonyl (C=O) groups is 2. The van der Waals surface area contributed by atoms with E-state index in [0.717, 1.165) is 5.56 Å². The van der Waals surface area contributed by atoms with Gasteiger partial charge in [0.15, 0.2) is 11.6 Å². The van der Waals surface area contributed by atoms with Gasteiger partial charge in [-0.05, 0) is 30.3 Å². The number of halogens is 1. The molecule has 1 unspecified atom stereocenters. The van der Waals surface area contributed by atoms with Gasteiger partial charge >= 0.3 is 0 Å². The largest absolute Gasteiger partial charge is 0.485 e. The lowest BCUT2D eigenvalue weighted by atomic mass is 9.99. The molecule has 112 valence electrons. The van der Waals surface area contributed by atoms with Crippen molar-refractivity contribution >= 4 is 11.6 Å². The third-order valence-corrected chi connectivity index (χ3v) is 3.55. The number of carbonyl (C=O) groups excluding carboxylic acids is 2. The van der Waals surface area contributed by atoms with Crippen molar-refractivity contribution in [1.29, 1.82) is 0 Å². The molecule has 0 spiro atoms. The summed E-state index contributed by atoms with van der Waals surface area (Å²) < 4.78 is 18.2. The van der Waals surface area contributed by atoms with Gasteiger partial charge < -0.3 is 4.74 Å². The Morgan fingerprint density at radius 1 is 1.18 bits per heavy atom. The summed E-state index contributed by atoms with van der Waals surface area (Å²) in [6.45, 7) is -0.0181. The number of hydrogen-bond acceptors (Lipinski definition) is 4. The normalized spacial score (nSPS) is 16.8. The number of para-hydroxylation sites is 1. The van der Waals surface area contributed by atoms with Crippen LogP contribution < -0.4 is 10.1 Å². The number of hydrogen-bond donors (Lipinski definition) is 1. The molecule has 1 aliphatic heterocycles. The van der Waals surface area contributed by atoms with Crippen LogP contribution >= 0.6 is 0 Å². The van der Waals surface area contributed by atoms with Crippen molar-refractivity contribution in [2.24, 2.45) is 0 Å². The fraction of sp³-hybridized carbons (Fsp3) is 0.176. The zero-order chi connectivity index (χ0) is 15.5. The van der Waals surface area contributed by atoms with Gasteiger partial charge in [0, 0.05) is 11.1 Å². The number of benzene rings is 2. The summed E-state index contributed by atoms with van der Waals surface area (Å²) in [7, 11) is 0. The standard InChI is InChI=1S/C17H14FNO3/c18-12-7-5-11(6-8-12)14(20)9-19-17-13-3-1-2-4-16(13)22-10-15(17)21/h1-8,17,19H,9-10H2. The van der Waals surface area contributed by atoms with Crippen molar-refractivity contribution in [3.05, 3.63) is 65.5 Å². The maximum absolute atomic E-state index is 12.9. The molecule has 1 N–H and O–H groups in total. The number of rotatable bonds is 4. The van der Waals surface area contributed by atoms with Crippen molar-refractivity contribution in [2.45, 2.75) is 6.04 Å². The highest BCUT2D eigenvalue weighted by Crippen LogP contribution is 2.29. The summed E-state index contributed by atoms with van der Waals surface area (Å²) in [5.41, 5.74) is 1.13. The molecule has 0 radical (unpaired) electrons. The third-order valence-electron chi connectivity index (χ3n) is 3.55. The molecule has 4 nitrogen and oxygen atoms in total. The van der Waals surface area contributed by atoms with E-state index in [1.165, 1.54) is 24.3 Å². The van der Waals surface area contributed by atoms with Crippen LogP contribution in [0.1, 0.15) is 22.0 Å². The number of Topliss-reactive ketones (excluding diaryl/α,β-unsaturated/α-hetero) is 2. The Kier molecular flexibility index (Phi) is 3.98. The van der Waals surface area contributed by atoms with E-state index >= 15 is 0 Å².